The molecular formula is C20H39N3O9. The first kappa shape index (κ1) is 32.1. The van der Waals surface area contributed by atoms with Gasteiger partial charge in [0.2, 0.25) is 11.8 Å². The second-order valence-electron chi connectivity index (χ2n) is 6.17. The number of ketones is 1. The minimum absolute atomic E-state index is 0.0261. The third kappa shape index (κ3) is 22.6. The number of carbonyl (C=O) groups is 4. The Balaban J connectivity index is 0. The van der Waals surface area contributed by atoms with E-state index in [9.17, 15) is 19.2 Å². The molecule has 0 saturated heterocycles. The van der Waals surface area contributed by atoms with Crippen LogP contribution in [-0.2, 0) is 38.1 Å². The van der Waals surface area contributed by atoms with E-state index in [2.05, 4.69) is 10.6 Å². The van der Waals surface area contributed by atoms with Gasteiger partial charge in [-0.25, -0.2) is 4.79 Å². The molecule has 0 bridgehead atoms. The Morgan fingerprint density at radius 1 is 0.844 bits per heavy atom. The summed E-state index contributed by atoms with van der Waals surface area (Å²) in [6.07, 6.45) is 0.0934. The van der Waals surface area contributed by atoms with Crippen LogP contribution in [0.1, 0.15) is 33.6 Å². The van der Waals surface area contributed by atoms with E-state index >= 15 is 0 Å². The summed E-state index contributed by atoms with van der Waals surface area (Å²) >= 11 is 0. The third-order valence-corrected chi connectivity index (χ3v) is 3.46. The van der Waals surface area contributed by atoms with Gasteiger partial charge in [0.15, 0.2) is 0 Å². The summed E-state index contributed by atoms with van der Waals surface area (Å²) < 4.78 is 20.6. The van der Waals surface area contributed by atoms with E-state index in [-0.39, 0.29) is 57.6 Å². The first-order valence-corrected chi connectivity index (χ1v) is 10.7. The van der Waals surface area contributed by atoms with E-state index in [1.165, 1.54) is 6.92 Å². The number of carboxylic acid groups (broad SMARTS) is 1. The summed E-state index contributed by atoms with van der Waals surface area (Å²) in [5.41, 5.74) is 5.26. The van der Waals surface area contributed by atoms with Crippen LogP contribution >= 0.6 is 0 Å². The summed E-state index contributed by atoms with van der Waals surface area (Å²) in [7, 11) is 0. The van der Waals surface area contributed by atoms with Crippen molar-refractivity contribution in [2.24, 2.45) is 5.73 Å². The molecule has 188 valence electrons. The predicted octanol–water partition coefficient (Wildman–Crippen LogP) is -0.907. The molecule has 0 aromatic rings. The van der Waals surface area contributed by atoms with Crippen LogP contribution < -0.4 is 16.4 Å². The average molecular weight is 466 g/mol. The van der Waals surface area contributed by atoms with Crippen molar-refractivity contribution in [1.82, 2.24) is 10.6 Å². The largest absolute Gasteiger partial charge is 0.480 e. The summed E-state index contributed by atoms with van der Waals surface area (Å²) in [6.45, 7) is 7.39. The van der Waals surface area contributed by atoms with Gasteiger partial charge in [0.05, 0.1) is 39.6 Å². The lowest BCUT2D eigenvalue weighted by Gasteiger charge is -2.14. The predicted molar refractivity (Wildman–Crippen MR) is 116 cm³/mol. The van der Waals surface area contributed by atoms with Crippen LogP contribution in [0.5, 0.6) is 0 Å². The van der Waals surface area contributed by atoms with Crippen molar-refractivity contribution in [1.29, 1.82) is 0 Å². The van der Waals surface area contributed by atoms with Crippen molar-refractivity contribution in [3.8, 4) is 0 Å². The Bertz CT molecular complexity index is 519. The Kier molecular flexibility index (Phi) is 23.6. The van der Waals surface area contributed by atoms with Gasteiger partial charge in [-0.3, -0.25) is 9.59 Å². The van der Waals surface area contributed by atoms with Crippen LogP contribution in [0.15, 0.2) is 0 Å². The smallest absolute Gasteiger partial charge is 0.326 e. The molecule has 12 nitrogen and oxygen atoms in total. The summed E-state index contributed by atoms with van der Waals surface area (Å²) in [4.78, 5) is 45.1. The molecule has 2 amide bonds. The van der Waals surface area contributed by atoms with Gasteiger partial charge in [-0.2, -0.15) is 0 Å². The first-order chi connectivity index (χ1) is 15.4. The topological polar surface area (TPSA) is 176 Å². The molecule has 0 heterocycles. The summed E-state index contributed by atoms with van der Waals surface area (Å²) in [6, 6.07) is -1.13. The number of aliphatic carboxylic acids is 1. The molecule has 32 heavy (non-hydrogen) atoms. The van der Waals surface area contributed by atoms with Crippen molar-refractivity contribution >= 4 is 23.6 Å². The molecule has 0 saturated carbocycles. The van der Waals surface area contributed by atoms with Gasteiger partial charge in [-0.15, -0.1) is 0 Å². The second kappa shape index (κ2) is 23.5. The molecule has 0 aromatic carbocycles. The zero-order chi connectivity index (χ0) is 24.6. The number of Topliss-reactive ketones (excluding diaryl/α,β-unsaturated/α-hetero) is 1. The Labute approximate surface area is 189 Å². The standard InChI is InChI=1S/C18H33N3O9.C2H6/c1-14(22)2-3-15(18(25)26)21-17(24)13-30-11-9-28-7-5-20-16(23)12-29-10-8-27-6-4-19;1-2/h15H,2-13,19H2,1H3,(H,20,23)(H,21,24)(H,25,26);1-2H3. The number of carbonyl (C=O) groups excluding carboxylic acids is 3. The minimum atomic E-state index is -1.21. The highest BCUT2D eigenvalue weighted by Gasteiger charge is 2.20. The lowest BCUT2D eigenvalue weighted by molar-refractivity contribution is -0.143. The van der Waals surface area contributed by atoms with E-state index in [4.69, 9.17) is 29.8 Å². The highest BCUT2D eigenvalue weighted by atomic mass is 16.5. The number of hydrogen-bond acceptors (Lipinski definition) is 9. The number of rotatable bonds is 20. The van der Waals surface area contributed by atoms with E-state index in [0.29, 0.717) is 32.9 Å². The number of carboxylic acids is 1. The van der Waals surface area contributed by atoms with Crippen LogP contribution in [0.3, 0.4) is 0 Å². The number of nitrogens with two attached hydrogens (primary N) is 1. The molecule has 0 aliphatic heterocycles. The molecule has 0 rings (SSSR count). The zero-order valence-corrected chi connectivity index (χ0v) is 19.4. The van der Waals surface area contributed by atoms with Crippen LogP contribution in [0.2, 0.25) is 0 Å². The Hall–Kier alpha value is -2.12. The van der Waals surface area contributed by atoms with E-state index in [0.717, 1.165) is 0 Å². The molecule has 1 unspecified atom stereocenters. The van der Waals surface area contributed by atoms with Crippen molar-refractivity contribution < 1.29 is 43.2 Å². The Morgan fingerprint density at radius 3 is 1.91 bits per heavy atom. The maximum Gasteiger partial charge on any atom is 0.326 e. The van der Waals surface area contributed by atoms with Crippen LogP contribution in [0.4, 0.5) is 0 Å². The summed E-state index contributed by atoms with van der Waals surface area (Å²) in [5.74, 6) is -2.23. The van der Waals surface area contributed by atoms with Crippen molar-refractivity contribution in [2.45, 2.75) is 39.7 Å². The van der Waals surface area contributed by atoms with Gasteiger partial charge in [0.25, 0.3) is 0 Å². The van der Waals surface area contributed by atoms with Crippen LogP contribution in [-0.4, -0.2) is 101 Å². The van der Waals surface area contributed by atoms with Gasteiger partial charge in [-0.05, 0) is 13.3 Å². The molecule has 0 aliphatic carbocycles. The third-order valence-electron chi connectivity index (χ3n) is 3.46. The van der Waals surface area contributed by atoms with Gasteiger partial charge in [0, 0.05) is 19.5 Å². The summed E-state index contributed by atoms with van der Waals surface area (Å²) in [5, 5.41) is 13.9. The number of ether oxygens (including phenoxy) is 4. The molecule has 0 fully saturated rings. The SMILES string of the molecule is CC.CC(=O)CCC(NC(=O)COCCOCCNC(=O)COCCOCCN)C(=O)O. The highest BCUT2D eigenvalue weighted by molar-refractivity contribution is 5.85. The van der Waals surface area contributed by atoms with E-state index in [1.807, 2.05) is 13.8 Å². The van der Waals surface area contributed by atoms with Gasteiger partial charge < -0.3 is 45.2 Å². The maximum absolute atomic E-state index is 11.7. The van der Waals surface area contributed by atoms with Gasteiger partial charge in [-0.1, -0.05) is 13.8 Å². The number of amides is 2. The number of nitrogens with one attached hydrogen (secondary N) is 2. The quantitative estimate of drug-likeness (QED) is 0.165. The normalized spacial score (nSPS) is 11.1. The fourth-order valence-corrected chi connectivity index (χ4v) is 2.01. The fourth-order valence-electron chi connectivity index (χ4n) is 2.01. The second-order valence-corrected chi connectivity index (χ2v) is 6.17. The Morgan fingerprint density at radius 2 is 1.38 bits per heavy atom. The molecule has 0 spiro atoms. The first-order valence-electron chi connectivity index (χ1n) is 10.7. The molecule has 0 radical (unpaired) electrons. The van der Waals surface area contributed by atoms with Crippen molar-refractivity contribution in [3.63, 3.8) is 0 Å². The maximum atomic E-state index is 11.7. The lowest BCUT2D eigenvalue weighted by atomic mass is 10.1. The average Bonchev–Trinajstić information content (AvgIpc) is 2.76. The molecule has 1 atom stereocenters. The molecule has 5 N–H and O–H groups in total. The molecule has 12 heteroatoms. The van der Waals surface area contributed by atoms with Crippen molar-refractivity contribution in [2.75, 3.05) is 65.9 Å². The monoisotopic (exact) mass is 465 g/mol. The van der Waals surface area contributed by atoms with Gasteiger partial charge in [0.1, 0.15) is 25.0 Å². The van der Waals surface area contributed by atoms with E-state index in [1.54, 1.807) is 0 Å². The van der Waals surface area contributed by atoms with Crippen LogP contribution in [0.25, 0.3) is 0 Å². The molecular weight excluding hydrogens is 426 g/mol. The van der Waals surface area contributed by atoms with Gasteiger partial charge >= 0.3 is 5.97 Å². The molecule has 0 aromatic heterocycles. The zero-order valence-electron chi connectivity index (χ0n) is 19.4. The van der Waals surface area contributed by atoms with Crippen LogP contribution in [0, 0.1) is 0 Å². The number of hydrogen-bond donors (Lipinski definition) is 4. The molecule has 0 aliphatic rings. The van der Waals surface area contributed by atoms with E-state index < -0.39 is 17.9 Å². The fraction of sp³-hybridized carbons (Fsp3) is 0.800. The highest BCUT2D eigenvalue weighted by Crippen LogP contribution is 1.99. The lowest BCUT2D eigenvalue weighted by Crippen LogP contribution is -2.42. The van der Waals surface area contributed by atoms with Crippen molar-refractivity contribution in [3.05, 3.63) is 0 Å². The minimum Gasteiger partial charge on any atom is -0.480 e.